The number of hydrogen-bond donors (Lipinski definition) is 1. The van der Waals surface area contributed by atoms with Crippen LogP contribution in [0.1, 0.15) is 25.5 Å². The topological polar surface area (TPSA) is 49.8 Å². The lowest BCUT2D eigenvalue weighted by Crippen LogP contribution is -2.62. The molecule has 1 unspecified atom stereocenters. The monoisotopic (exact) mass is 327 g/mol. The highest BCUT2D eigenvalue weighted by Crippen LogP contribution is 2.35. The minimum Gasteiger partial charge on any atom is -0.480 e. The molecule has 1 saturated heterocycles. The molecule has 1 fully saturated rings. The Morgan fingerprint density at radius 3 is 2.74 bits per heavy atom. The van der Waals surface area contributed by atoms with Crippen LogP contribution in [0.15, 0.2) is 28.7 Å². The molecule has 1 heterocycles. The Hall–Kier alpha value is -0.910. The van der Waals surface area contributed by atoms with E-state index in [1.54, 1.807) is 0 Å². The van der Waals surface area contributed by atoms with Crippen LogP contribution in [-0.2, 0) is 9.53 Å². The van der Waals surface area contributed by atoms with Crippen LogP contribution in [0.3, 0.4) is 0 Å². The molecule has 104 valence electrons. The van der Waals surface area contributed by atoms with Crippen LogP contribution < -0.4 is 0 Å². The summed E-state index contributed by atoms with van der Waals surface area (Å²) in [5.74, 6) is -0.918. The molecular formula is C14H18BrNO3. The smallest absolute Gasteiger partial charge is 0.329 e. The third kappa shape index (κ3) is 3.35. The highest BCUT2D eigenvalue weighted by atomic mass is 79.9. The number of halogens is 1. The van der Waals surface area contributed by atoms with Gasteiger partial charge in [0.25, 0.3) is 0 Å². The fourth-order valence-corrected chi connectivity index (χ4v) is 3.04. The minimum absolute atomic E-state index is 0.228. The number of aliphatic carboxylic acids is 1. The lowest BCUT2D eigenvalue weighted by atomic mass is 9.92. The molecule has 5 heteroatoms. The predicted molar refractivity (Wildman–Crippen MR) is 76.1 cm³/mol. The molecule has 0 aliphatic carbocycles. The summed E-state index contributed by atoms with van der Waals surface area (Å²) >= 11 is 3.56. The molecule has 0 aromatic heterocycles. The number of likely N-dealkylation sites (tertiary alicyclic amines) is 1. The van der Waals surface area contributed by atoms with Crippen molar-refractivity contribution in [3.8, 4) is 0 Å². The second-order valence-electron chi connectivity index (χ2n) is 5.23. The first-order valence-electron chi connectivity index (χ1n) is 6.25. The number of benzene rings is 1. The molecule has 1 aliphatic rings. The van der Waals surface area contributed by atoms with E-state index in [9.17, 15) is 4.79 Å². The van der Waals surface area contributed by atoms with Crippen LogP contribution in [0.25, 0.3) is 0 Å². The van der Waals surface area contributed by atoms with Crippen molar-refractivity contribution in [1.82, 2.24) is 4.90 Å². The fraction of sp³-hybridized carbons (Fsp3) is 0.500. The summed E-state index contributed by atoms with van der Waals surface area (Å²) in [6.07, 6.45) is 0. The van der Waals surface area contributed by atoms with E-state index >= 15 is 0 Å². The van der Waals surface area contributed by atoms with Gasteiger partial charge in [0.05, 0.1) is 5.60 Å². The van der Waals surface area contributed by atoms with E-state index in [4.69, 9.17) is 9.84 Å². The van der Waals surface area contributed by atoms with Gasteiger partial charge in [0, 0.05) is 23.6 Å². The molecule has 0 radical (unpaired) electrons. The van der Waals surface area contributed by atoms with Crippen molar-refractivity contribution in [2.45, 2.75) is 25.5 Å². The maximum absolute atomic E-state index is 10.5. The number of carboxylic acid groups (broad SMARTS) is 1. The highest BCUT2D eigenvalue weighted by molar-refractivity contribution is 9.10. The molecule has 1 aliphatic heterocycles. The predicted octanol–water partition coefficient (Wildman–Crippen LogP) is 2.69. The van der Waals surface area contributed by atoms with E-state index in [1.807, 2.05) is 25.1 Å². The Morgan fingerprint density at radius 2 is 2.16 bits per heavy atom. The number of nitrogens with zero attached hydrogens (tertiary/aromatic N) is 1. The van der Waals surface area contributed by atoms with Gasteiger partial charge in [-0.25, -0.2) is 4.79 Å². The first-order valence-corrected chi connectivity index (χ1v) is 7.05. The lowest BCUT2D eigenvalue weighted by molar-refractivity contribution is -0.169. The normalized spacial score (nSPS) is 19.7. The molecule has 4 nitrogen and oxygen atoms in total. The number of rotatable bonds is 5. The Labute approximate surface area is 121 Å². The molecular weight excluding hydrogens is 310 g/mol. The number of ether oxygens (including phenoxy) is 1. The molecule has 1 atom stereocenters. The largest absolute Gasteiger partial charge is 0.480 e. The molecule has 1 aromatic carbocycles. The van der Waals surface area contributed by atoms with Gasteiger partial charge in [-0.1, -0.05) is 34.1 Å². The standard InChI is InChI=1S/C14H18BrNO3/c1-10(11-5-3-4-6-12(11)15)16-8-14(2,9-16)19-7-13(17)18/h3-6,10H,7-9H2,1-2H3,(H,17,18). The Morgan fingerprint density at radius 1 is 1.53 bits per heavy atom. The maximum Gasteiger partial charge on any atom is 0.329 e. The molecule has 2 rings (SSSR count). The number of carboxylic acids is 1. The maximum atomic E-state index is 10.5. The summed E-state index contributed by atoms with van der Waals surface area (Å²) in [6.45, 7) is 5.38. The molecule has 0 saturated carbocycles. The third-order valence-corrected chi connectivity index (χ3v) is 4.24. The van der Waals surface area contributed by atoms with Gasteiger partial charge in [-0.15, -0.1) is 0 Å². The Bertz CT molecular complexity index is 472. The van der Waals surface area contributed by atoms with Crippen LogP contribution >= 0.6 is 15.9 Å². The zero-order chi connectivity index (χ0) is 14.0. The van der Waals surface area contributed by atoms with Gasteiger partial charge in [-0.2, -0.15) is 0 Å². The van der Waals surface area contributed by atoms with Crippen LogP contribution in [-0.4, -0.2) is 41.3 Å². The fourth-order valence-electron chi connectivity index (χ4n) is 2.42. The van der Waals surface area contributed by atoms with Crippen molar-refractivity contribution in [1.29, 1.82) is 0 Å². The third-order valence-electron chi connectivity index (χ3n) is 3.52. The van der Waals surface area contributed by atoms with E-state index in [0.29, 0.717) is 0 Å². The van der Waals surface area contributed by atoms with Crippen LogP contribution in [0.5, 0.6) is 0 Å². The van der Waals surface area contributed by atoms with Gasteiger partial charge in [0.1, 0.15) is 6.61 Å². The van der Waals surface area contributed by atoms with Crippen molar-refractivity contribution >= 4 is 21.9 Å². The van der Waals surface area contributed by atoms with E-state index in [-0.39, 0.29) is 18.2 Å². The van der Waals surface area contributed by atoms with Gasteiger partial charge in [-0.05, 0) is 25.5 Å². The van der Waals surface area contributed by atoms with Crippen molar-refractivity contribution in [2.24, 2.45) is 0 Å². The number of carbonyl (C=O) groups is 1. The van der Waals surface area contributed by atoms with E-state index in [2.05, 4.69) is 33.8 Å². The van der Waals surface area contributed by atoms with Crippen LogP contribution in [0.4, 0.5) is 0 Å². The van der Waals surface area contributed by atoms with Gasteiger partial charge >= 0.3 is 5.97 Å². The second kappa shape index (κ2) is 5.61. The zero-order valence-corrected chi connectivity index (χ0v) is 12.7. The van der Waals surface area contributed by atoms with Crippen molar-refractivity contribution < 1.29 is 14.6 Å². The van der Waals surface area contributed by atoms with E-state index < -0.39 is 5.97 Å². The average Bonchev–Trinajstić information content (AvgIpc) is 2.33. The summed E-state index contributed by atoms with van der Waals surface area (Å²) in [5.41, 5.74) is 0.899. The van der Waals surface area contributed by atoms with Crippen molar-refractivity contribution in [3.63, 3.8) is 0 Å². The van der Waals surface area contributed by atoms with Gasteiger partial charge in [0.2, 0.25) is 0 Å². The molecule has 19 heavy (non-hydrogen) atoms. The van der Waals surface area contributed by atoms with Crippen molar-refractivity contribution in [3.05, 3.63) is 34.3 Å². The van der Waals surface area contributed by atoms with Crippen molar-refractivity contribution in [2.75, 3.05) is 19.7 Å². The Balaban J connectivity index is 1.93. The Kier molecular flexibility index (Phi) is 4.28. The molecule has 0 bridgehead atoms. The first-order chi connectivity index (χ1) is 8.91. The first kappa shape index (κ1) is 14.5. The summed E-state index contributed by atoms with van der Waals surface area (Å²) in [4.78, 5) is 12.8. The van der Waals surface area contributed by atoms with E-state index in [1.165, 1.54) is 5.56 Å². The van der Waals surface area contributed by atoms with Gasteiger partial charge in [-0.3, -0.25) is 4.90 Å². The second-order valence-corrected chi connectivity index (χ2v) is 6.09. The summed E-state index contributed by atoms with van der Waals surface area (Å²) in [6, 6.07) is 8.44. The lowest BCUT2D eigenvalue weighted by Gasteiger charge is -2.50. The summed E-state index contributed by atoms with van der Waals surface area (Å²) in [5, 5.41) is 8.64. The molecule has 1 aromatic rings. The average molecular weight is 328 g/mol. The molecule has 0 amide bonds. The molecule has 0 spiro atoms. The SMILES string of the molecule is CC(c1ccccc1Br)N1CC(C)(OCC(=O)O)C1. The van der Waals surface area contributed by atoms with E-state index in [0.717, 1.165) is 17.6 Å². The highest BCUT2D eigenvalue weighted by Gasteiger charge is 2.42. The van der Waals surface area contributed by atoms with Crippen LogP contribution in [0.2, 0.25) is 0 Å². The summed E-state index contributed by atoms with van der Waals surface area (Å²) < 4.78 is 6.52. The zero-order valence-electron chi connectivity index (χ0n) is 11.1. The minimum atomic E-state index is -0.918. The van der Waals surface area contributed by atoms with Gasteiger partial charge < -0.3 is 9.84 Å². The van der Waals surface area contributed by atoms with Crippen LogP contribution in [0, 0.1) is 0 Å². The van der Waals surface area contributed by atoms with Gasteiger partial charge in [0.15, 0.2) is 0 Å². The quantitative estimate of drug-likeness (QED) is 0.903. The number of hydrogen-bond acceptors (Lipinski definition) is 3. The molecule has 1 N–H and O–H groups in total. The summed E-state index contributed by atoms with van der Waals surface area (Å²) in [7, 11) is 0.